The molecule has 9 heavy (non-hydrogen) atoms. The van der Waals surface area contributed by atoms with Crippen LogP contribution in [0.15, 0.2) is 0 Å². The first-order valence-corrected chi connectivity index (χ1v) is 9.37. The van der Waals surface area contributed by atoms with Crippen LogP contribution >= 0.6 is 0 Å². The van der Waals surface area contributed by atoms with Crippen LogP contribution in [0.1, 0.15) is 20.8 Å². The third-order valence-corrected chi connectivity index (χ3v) is 12.3. The number of carbonyl (C=O) groups is 1. The van der Waals surface area contributed by atoms with Gasteiger partial charge in [0.05, 0.1) is 0 Å². The van der Waals surface area contributed by atoms with Gasteiger partial charge in [0.15, 0.2) is 0 Å². The molecule has 0 aliphatic carbocycles. The summed E-state index contributed by atoms with van der Waals surface area (Å²) in [5.74, 6) is 0. The van der Waals surface area contributed by atoms with Crippen LogP contribution < -0.4 is 0 Å². The third-order valence-electron chi connectivity index (χ3n) is 2.36. The molecular formula is C7H16GeO. The van der Waals surface area contributed by atoms with Crippen molar-refractivity contribution in [3.05, 3.63) is 0 Å². The molecule has 0 aromatic heterocycles. The van der Waals surface area contributed by atoms with Crippen molar-refractivity contribution in [1.29, 1.82) is 0 Å². The van der Waals surface area contributed by atoms with E-state index in [-0.39, 0.29) is 0 Å². The number of rotatable bonds is 4. The molecule has 0 spiro atoms. The Morgan fingerprint density at radius 3 is 1.44 bits per heavy atom. The Labute approximate surface area is 60.2 Å². The van der Waals surface area contributed by atoms with E-state index in [9.17, 15) is 4.79 Å². The van der Waals surface area contributed by atoms with E-state index in [1.54, 1.807) is 0 Å². The van der Waals surface area contributed by atoms with Crippen LogP contribution in [-0.4, -0.2) is 18.4 Å². The summed E-state index contributed by atoms with van der Waals surface area (Å²) in [5.41, 5.74) is 0. The molecule has 0 saturated heterocycles. The number of carbonyl (C=O) groups excluding carboxylic acids is 1. The molecular weight excluding hydrogens is 173 g/mol. The summed E-state index contributed by atoms with van der Waals surface area (Å²) in [4.78, 5) is 10.6. The van der Waals surface area contributed by atoms with Crippen molar-refractivity contribution in [2.75, 3.05) is 0 Å². The Balaban J connectivity index is 3.98. The molecule has 0 aliphatic heterocycles. The molecule has 0 aliphatic rings. The molecule has 0 aromatic carbocycles. The van der Waals surface area contributed by atoms with Gasteiger partial charge in [-0.05, 0) is 0 Å². The van der Waals surface area contributed by atoms with Gasteiger partial charge in [0.25, 0.3) is 0 Å². The Morgan fingerprint density at radius 1 is 1.11 bits per heavy atom. The van der Waals surface area contributed by atoms with E-state index < -0.39 is 13.3 Å². The van der Waals surface area contributed by atoms with E-state index in [1.807, 2.05) is 0 Å². The average Bonchev–Trinajstić information content (AvgIpc) is 1.95. The second-order valence-corrected chi connectivity index (χ2v) is 13.2. The van der Waals surface area contributed by atoms with Crippen molar-refractivity contribution in [1.82, 2.24) is 0 Å². The van der Waals surface area contributed by atoms with Crippen LogP contribution in [0.2, 0.25) is 15.8 Å². The first kappa shape index (κ1) is 9.21. The Bertz CT molecular complexity index is 78.7. The van der Waals surface area contributed by atoms with Crippen molar-refractivity contribution in [2.45, 2.75) is 36.5 Å². The molecule has 0 unspecified atom stereocenters. The fourth-order valence-corrected chi connectivity index (χ4v) is 5.20. The predicted octanol–water partition coefficient (Wildman–Crippen LogP) is 2.27. The topological polar surface area (TPSA) is 17.1 Å². The molecule has 0 fully saturated rings. The molecule has 0 bridgehead atoms. The summed E-state index contributed by atoms with van der Waals surface area (Å²) in [7, 11) is 0. The van der Waals surface area contributed by atoms with E-state index in [4.69, 9.17) is 0 Å². The molecule has 0 N–H and O–H groups in total. The van der Waals surface area contributed by atoms with Gasteiger partial charge in [-0.1, -0.05) is 0 Å². The standard InChI is InChI=1S/C7H16GeO/c1-4-8(5-2,6-3)7-9/h7H,4-6H2,1-3H3. The van der Waals surface area contributed by atoms with Gasteiger partial charge in [-0.2, -0.15) is 0 Å². The fourth-order valence-electron chi connectivity index (χ4n) is 1.00. The van der Waals surface area contributed by atoms with Crippen molar-refractivity contribution < 1.29 is 4.79 Å². The first-order chi connectivity index (χ1) is 4.24. The summed E-state index contributed by atoms with van der Waals surface area (Å²) in [5, 5.41) is 4.78. The first-order valence-electron chi connectivity index (χ1n) is 3.71. The maximum absolute atomic E-state index is 10.6. The van der Waals surface area contributed by atoms with Gasteiger partial charge in [-0.3, -0.25) is 0 Å². The molecule has 0 rings (SSSR count). The number of hydrogen-bond acceptors (Lipinski definition) is 1. The zero-order valence-electron chi connectivity index (χ0n) is 6.61. The van der Waals surface area contributed by atoms with Crippen LogP contribution in [0, 0.1) is 0 Å². The Kier molecular flexibility index (Phi) is 4.19. The van der Waals surface area contributed by atoms with Crippen molar-refractivity contribution in [3.8, 4) is 0 Å². The summed E-state index contributed by atoms with van der Waals surface area (Å²) in [6.45, 7) is 6.46. The summed E-state index contributed by atoms with van der Waals surface area (Å²) < 4.78 is 0. The van der Waals surface area contributed by atoms with E-state index in [2.05, 4.69) is 20.8 Å². The zero-order chi connectivity index (χ0) is 7.33. The molecule has 1 nitrogen and oxygen atoms in total. The Hall–Kier alpha value is 0.213. The molecule has 0 radical (unpaired) electrons. The summed E-state index contributed by atoms with van der Waals surface area (Å²) >= 11 is -1.85. The summed E-state index contributed by atoms with van der Waals surface area (Å²) in [6.07, 6.45) is 0. The van der Waals surface area contributed by atoms with Crippen molar-refractivity contribution >= 4 is 18.4 Å². The summed E-state index contributed by atoms with van der Waals surface area (Å²) in [6, 6.07) is 0. The van der Waals surface area contributed by atoms with Crippen molar-refractivity contribution in [2.24, 2.45) is 0 Å². The third kappa shape index (κ3) is 2.13. The van der Waals surface area contributed by atoms with Gasteiger partial charge >= 0.3 is 59.7 Å². The molecule has 2 heteroatoms. The van der Waals surface area contributed by atoms with Gasteiger partial charge in [0.1, 0.15) is 0 Å². The molecule has 0 heterocycles. The second kappa shape index (κ2) is 4.10. The minimum atomic E-state index is -1.85. The predicted molar refractivity (Wildman–Crippen MR) is 43.9 cm³/mol. The van der Waals surface area contributed by atoms with Gasteiger partial charge in [0, 0.05) is 0 Å². The molecule has 54 valence electrons. The van der Waals surface area contributed by atoms with Gasteiger partial charge in [-0.25, -0.2) is 0 Å². The second-order valence-electron chi connectivity index (χ2n) is 2.54. The molecule has 0 amide bonds. The van der Waals surface area contributed by atoms with Crippen LogP contribution in [-0.2, 0) is 4.79 Å². The fraction of sp³-hybridized carbons (Fsp3) is 0.857. The molecule has 0 atom stereocenters. The van der Waals surface area contributed by atoms with Gasteiger partial charge < -0.3 is 0 Å². The monoisotopic (exact) mass is 190 g/mol. The maximum atomic E-state index is 10.6. The van der Waals surface area contributed by atoms with E-state index in [1.165, 1.54) is 5.12 Å². The SMILES string of the molecule is C[CH2][Ge]([CH]=O)([CH2]C)[CH2]C. The van der Waals surface area contributed by atoms with Crippen LogP contribution in [0.4, 0.5) is 0 Å². The molecule has 0 aromatic rings. The van der Waals surface area contributed by atoms with E-state index in [0.717, 1.165) is 15.8 Å². The van der Waals surface area contributed by atoms with Crippen LogP contribution in [0.3, 0.4) is 0 Å². The minimum absolute atomic E-state index is 1.16. The van der Waals surface area contributed by atoms with Gasteiger partial charge in [-0.15, -0.1) is 0 Å². The van der Waals surface area contributed by atoms with Crippen LogP contribution in [0.5, 0.6) is 0 Å². The quantitative estimate of drug-likeness (QED) is 0.489. The van der Waals surface area contributed by atoms with E-state index in [0.29, 0.717) is 0 Å². The zero-order valence-corrected chi connectivity index (χ0v) is 8.70. The normalized spacial score (nSPS) is 11.4. The number of hydrogen-bond donors (Lipinski definition) is 0. The van der Waals surface area contributed by atoms with Crippen molar-refractivity contribution in [3.63, 3.8) is 0 Å². The van der Waals surface area contributed by atoms with E-state index >= 15 is 0 Å². The van der Waals surface area contributed by atoms with Crippen LogP contribution in [0.25, 0.3) is 0 Å². The van der Waals surface area contributed by atoms with Gasteiger partial charge in [0.2, 0.25) is 0 Å². The molecule has 0 saturated carbocycles. The Morgan fingerprint density at radius 2 is 1.44 bits per heavy atom. The average molecular weight is 189 g/mol.